The molecule has 1 saturated heterocycles. The van der Waals surface area contributed by atoms with Gasteiger partial charge >= 0.3 is 0 Å². The number of hydrogen-bond acceptors (Lipinski definition) is 2. The molecule has 1 N–H and O–H groups in total. The Morgan fingerprint density at radius 2 is 1.95 bits per heavy atom. The third kappa shape index (κ3) is 2.43. The summed E-state index contributed by atoms with van der Waals surface area (Å²) >= 11 is 5.54. The van der Waals surface area contributed by atoms with Crippen LogP contribution in [0.15, 0.2) is 24.3 Å². The van der Waals surface area contributed by atoms with E-state index in [1.807, 2.05) is 16.3 Å². The second kappa shape index (κ2) is 5.50. The van der Waals surface area contributed by atoms with Gasteiger partial charge in [0.15, 0.2) is 12.5 Å². The molecule has 2 heterocycles. The fourth-order valence-corrected chi connectivity index (χ4v) is 3.09. The van der Waals surface area contributed by atoms with Gasteiger partial charge in [-0.25, -0.2) is 0 Å². The number of nitrogens with one attached hydrogen (secondary N) is 1. The van der Waals surface area contributed by atoms with Crippen molar-refractivity contribution in [1.29, 1.82) is 0 Å². The zero-order valence-corrected chi connectivity index (χ0v) is 12.9. The van der Waals surface area contributed by atoms with Crippen molar-refractivity contribution in [2.45, 2.75) is 26.4 Å². The maximum atomic E-state index is 5.54. The van der Waals surface area contributed by atoms with Crippen molar-refractivity contribution in [2.75, 3.05) is 13.1 Å². The minimum Gasteiger partial charge on any atom is -0.316 e. The highest BCUT2D eigenvalue weighted by molar-refractivity contribution is 7.71. The summed E-state index contributed by atoms with van der Waals surface area (Å²) in [5.74, 6) is 0.965. The van der Waals surface area contributed by atoms with Crippen LogP contribution in [-0.4, -0.2) is 27.4 Å². The van der Waals surface area contributed by atoms with Crippen LogP contribution in [0.3, 0.4) is 0 Å². The van der Waals surface area contributed by atoms with Crippen LogP contribution >= 0.6 is 12.2 Å². The van der Waals surface area contributed by atoms with E-state index >= 15 is 0 Å². The first-order chi connectivity index (χ1) is 9.66. The van der Waals surface area contributed by atoms with Crippen LogP contribution in [0.2, 0.25) is 0 Å². The summed E-state index contributed by atoms with van der Waals surface area (Å²) in [5.41, 5.74) is 2.40. The zero-order chi connectivity index (χ0) is 14.1. The van der Waals surface area contributed by atoms with Crippen LogP contribution in [-0.2, 0) is 13.7 Å². The van der Waals surface area contributed by atoms with Crippen LogP contribution < -0.4 is 4.90 Å². The van der Waals surface area contributed by atoms with E-state index < -0.39 is 0 Å². The molecule has 0 spiro atoms. The second-order valence-electron chi connectivity index (χ2n) is 5.59. The summed E-state index contributed by atoms with van der Waals surface area (Å²) in [4.78, 5) is 1.58. The molecule has 106 valence electrons. The van der Waals surface area contributed by atoms with Gasteiger partial charge in [-0.15, -0.1) is 5.10 Å². The molecular formula is C15H21N4S+. The number of nitrogens with zero attached hydrogens (tertiary/aromatic N) is 3. The van der Waals surface area contributed by atoms with Gasteiger partial charge in [0.2, 0.25) is 4.77 Å². The number of hydrogen-bond donors (Lipinski definition) is 1. The van der Waals surface area contributed by atoms with Crippen LogP contribution in [0.1, 0.15) is 18.4 Å². The average Bonchev–Trinajstić information content (AvgIpc) is 3.04. The maximum Gasteiger partial charge on any atom is 0.202 e. The lowest BCUT2D eigenvalue weighted by molar-refractivity contribution is -0.911. The third-order valence-electron chi connectivity index (χ3n) is 4.11. The van der Waals surface area contributed by atoms with E-state index in [0.29, 0.717) is 0 Å². The summed E-state index contributed by atoms with van der Waals surface area (Å²) in [7, 11) is 2.01. The number of aromatic nitrogens is 3. The van der Waals surface area contributed by atoms with Gasteiger partial charge in [-0.1, -0.05) is 24.3 Å². The van der Waals surface area contributed by atoms with Crippen LogP contribution in [0, 0.1) is 11.7 Å². The summed E-state index contributed by atoms with van der Waals surface area (Å²) in [6.45, 7) is 5.47. The highest BCUT2D eigenvalue weighted by Gasteiger charge is 2.18. The van der Waals surface area contributed by atoms with Crippen LogP contribution in [0.5, 0.6) is 0 Å². The fraction of sp³-hybridized carbons (Fsp3) is 0.467. The largest absolute Gasteiger partial charge is 0.316 e. The Morgan fingerprint density at radius 3 is 2.65 bits per heavy atom. The number of likely N-dealkylation sites (tertiary alicyclic amines) is 1. The molecular weight excluding hydrogens is 268 g/mol. The molecule has 0 bridgehead atoms. The minimum atomic E-state index is 0.808. The lowest BCUT2D eigenvalue weighted by Gasteiger charge is -2.10. The molecule has 2 aromatic rings. The van der Waals surface area contributed by atoms with Gasteiger partial charge in [0.1, 0.15) is 0 Å². The number of rotatable bonds is 3. The molecule has 3 rings (SSSR count). The van der Waals surface area contributed by atoms with Crippen molar-refractivity contribution in [3.8, 4) is 11.4 Å². The Bertz CT molecular complexity index is 665. The Balaban J connectivity index is 1.97. The SMILES string of the molecule is Cc1ccccc1-c1nn(C[NH+]2CCCC2)c(=S)n1C. The number of quaternary nitrogens is 1. The molecule has 0 aliphatic carbocycles. The molecule has 4 nitrogen and oxygen atoms in total. The molecule has 1 aromatic carbocycles. The first-order valence-corrected chi connectivity index (χ1v) is 7.61. The van der Waals surface area contributed by atoms with Gasteiger partial charge in [0, 0.05) is 25.5 Å². The molecule has 0 atom stereocenters. The molecule has 20 heavy (non-hydrogen) atoms. The molecule has 5 heteroatoms. The number of aryl methyl sites for hydroxylation is 1. The van der Waals surface area contributed by atoms with Crippen molar-refractivity contribution in [3.05, 3.63) is 34.6 Å². The van der Waals surface area contributed by atoms with E-state index in [2.05, 4.69) is 31.2 Å². The Morgan fingerprint density at radius 1 is 1.25 bits per heavy atom. The molecule has 1 aromatic heterocycles. The van der Waals surface area contributed by atoms with Crippen molar-refractivity contribution in [1.82, 2.24) is 14.3 Å². The maximum absolute atomic E-state index is 5.54. The fourth-order valence-electron chi connectivity index (χ4n) is 2.89. The molecule has 0 amide bonds. The highest BCUT2D eigenvalue weighted by Crippen LogP contribution is 2.20. The smallest absolute Gasteiger partial charge is 0.202 e. The lowest BCUT2D eigenvalue weighted by Crippen LogP contribution is -3.09. The van der Waals surface area contributed by atoms with Gasteiger partial charge in [-0.3, -0.25) is 0 Å². The average molecular weight is 289 g/mol. The molecule has 0 radical (unpaired) electrons. The van der Waals surface area contributed by atoms with Gasteiger partial charge in [0.25, 0.3) is 0 Å². The quantitative estimate of drug-likeness (QED) is 0.868. The highest BCUT2D eigenvalue weighted by atomic mass is 32.1. The molecule has 0 unspecified atom stereocenters. The Kier molecular flexibility index (Phi) is 3.72. The van der Waals surface area contributed by atoms with Crippen molar-refractivity contribution < 1.29 is 4.90 Å². The summed E-state index contributed by atoms with van der Waals surface area (Å²) in [6, 6.07) is 8.33. The van der Waals surface area contributed by atoms with E-state index in [4.69, 9.17) is 17.3 Å². The van der Waals surface area contributed by atoms with Crippen molar-refractivity contribution >= 4 is 12.2 Å². The normalized spacial score (nSPS) is 15.9. The minimum absolute atomic E-state index is 0.808. The molecule has 1 fully saturated rings. The van der Waals surface area contributed by atoms with E-state index in [0.717, 1.165) is 22.8 Å². The van der Waals surface area contributed by atoms with Crippen molar-refractivity contribution in [3.63, 3.8) is 0 Å². The Hall–Kier alpha value is -1.46. The molecule has 1 aliphatic heterocycles. The molecule has 0 saturated carbocycles. The topological polar surface area (TPSA) is 27.2 Å². The Labute approximate surface area is 124 Å². The van der Waals surface area contributed by atoms with Gasteiger partial charge in [-0.05, 0) is 24.7 Å². The first kappa shape index (κ1) is 13.5. The van der Waals surface area contributed by atoms with Crippen LogP contribution in [0.25, 0.3) is 11.4 Å². The first-order valence-electron chi connectivity index (χ1n) is 7.20. The predicted molar refractivity (Wildman–Crippen MR) is 82.1 cm³/mol. The monoisotopic (exact) mass is 289 g/mol. The summed E-state index contributed by atoms with van der Waals surface area (Å²) in [5, 5.41) is 4.76. The van der Waals surface area contributed by atoms with Crippen molar-refractivity contribution in [2.24, 2.45) is 7.05 Å². The van der Waals surface area contributed by atoms with E-state index in [1.54, 1.807) is 4.90 Å². The zero-order valence-electron chi connectivity index (χ0n) is 12.1. The summed E-state index contributed by atoms with van der Waals surface area (Å²) < 4.78 is 4.81. The molecule has 1 aliphatic rings. The third-order valence-corrected chi connectivity index (χ3v) is 4.60. The predicted octanol–water partition coefficient (Wildman–Crippen LogP) is 1.56. The second-order valence-corrected chi connectivity index (χ2v) is 5.96. The van der Waals surface area contributed by atoms with Gasteiger partial charge in [0.05, 0.1) is 13.1 Å². The number of benzene rings is 1. The van der Waals surface area contributed by atoms with E-state index in [1.165, 1.54) is 31.5 Å². The van der Waals surface area contributed by atoms with Crippen LogP contribution in [0.4, 0.5) is 0 Å². The standard InChI is InChI=1S/C15H20N4S/c1-12-7-3-4-8-13(12)14-16-19(15(20)17(14)2)11-18-9-5-6-10-18/h3-4,7-8H,5-6,9-11H2,1-2H3/p+1. The van der Waals surface area contributed by atoms with E-state index in [9.17, 15) is 0 Å². The van der Waals surface area contributed by atoms with Gasteiger partial charge in [-0.2, -0.15) is 4.68 Å². The van der Waals surface area contributed by atoms with E-state index in [-0.39, 0.29) is 0 Å². The summed E-state index contributed by atoms with van der Waals surface area (Å²) in [6.07, 6.45) is 2.64. The van der Waals surface area contributed by atoms with Gasteiger partial charge < -0.3 is 9.47 Å². The lowest BCUT2D eigenvalue weighted by atomic mass is 10.1.